The number of phenols is 1. The Morgan fingerprint density at radius 2 is 0.987 bits per heavy atom. The number of para-hydroxylation sites is 1. The van der Waals surface area contributed by atoms with E-state index in [0.717, 1.165) is 83.5 Å². The second-order valence-electron chi connectivity index (χ2n) is 25.1. The number of fused-ring (bicyclic) bond motifs is 1. The fourth-order valence-corrected chi connectivity index (χ4v) is 10.7. The molecule has 2 heterocycles. The molecule has 0 radical (unpaired) electrons. The first kappa shape index (κ1) is 43.2. The highest BCUT2D eigenvalue weighted by atomic mass is 16.3. The highest BCUT2D eigenvalue weighted by Crippen LogP contribution is 2.48. The van der Waals surface area contributed by atoms with Crippen molar-refractivity contribution in [3.63, 3.8) is 0 Å². The first-order chi connectivity index (χ1) is 40.5. The second-order valence-corrected chi connectivity index (χ2v) is 25.1. The van der Waals surface area contributed by atoms with E-state index in [-0.39, 0.29) is 27.6 Å². The molecule has 0 aliphatic carbocycles. The van der Waals surface area contributed by atoms with Crippen molar-refractivity contribution in [2.45, 2.75) is 131 Å². The van der Waals surface area contributed by atoms with Gasteiger partial charge in [-0.3, -0.25) is 9.55 Å². The quantitative estimate of drug-likeness (QED) is 0.165. The molecule has 394 valence electrons. The lowest BCUT2D eigenvalue weighted by Crippen LogP contribution is -2.17. The summed E-state index contributed by atoms with van der Waals surface area (Å²) in [6.07, 6.45) is 1.69. The molecule has 4 heteroatoms. The Balaban J connectivity index is 1.23. The summed E-state index contributed by atoms with van der Waals surface area (Å²) in [5.74, 6) is 0.750. The predicted octanol–water partition coefficient (Wildman–Crippen LogP) is 20.3. The summed E-state index contributed by atoms with van der Waals surface area (Å²) >= 11 is 0. The molecule has 78 heavy (non-hydrogen) atoms. The maximum atomic E-state index is 12.9. The maximum Gasteiger partial charge on any atom is 0.149 e. The van der Waals surface area contributed by atoms with Crippen LogP contribution in [-0.2, 0) is 27.1 Å². The zero-order valence-corrected chi connectivity index (χ0v) is 47.2. The van der Waals surface area contributed by atoms with Gasteiger partial charge in [-0.2, -0.15) is 0 Å². The van der Waals surface area contributed by atoms with Gasteiger partial charge >= 0.3 is 0 Å². The topological polar surface area (TPSA) is 50.9 Å². The molecule has 8 aromatic carbocycles. The van der Waals surface area contributed by atoms with Crippen molar-refractivity contribution in [2.24, 2.45) is 0 Å². The van der Waals surface area contributed by atoms with Crippen LogP contribution in [0.2, 0.25) is 0 Å². The first-order valence-electron chi connectivity index (χ1n) is 31.5. The van der Waals surface area contributed by atoms with E-state index in [2.05, 4.69) is 227 Å². The van der Waals surface area contributed by atoms with Crippen LogP contribution in [0.1, 0.15) is 144 Å². The van der Waals surface area contributed by atoms with Gasteiger partial charge in [-0.25, -0.2) is 4.98 Å². The molecule has 0 spiro atoms. The molecule has 0 aliphatic heterocycles. The number of hydrogen-bond donors (Lipinski definition) is 1. The van der Waals surface area contributed by atoms with Crippen LogP contribution in [0, 0.1) is 0 Å². The Bertz CT molecular complexity index is 4170. The van der Waals surface area contributed by atoms with E-state index in [1.807, 2.05) is 18.2 Å². The van der Waals surface area contributed by atoms with Crippen molar-refractivity contribution in [3.05, 3.63) is 216 Å². The van der Waals surface area contributed by atoms with Crippen molar-refractivity contribution in [1.82, 2.24) is 14.5 Å². The lowest BCUT2D eigenvalue weighted by Gasteiger charge is -2.28. The van der Waals surface area contributed by atoms with Gasteiger partial charge in [-0.1, -0.05) is 237 Å². The summed E-state index contributed by atoms with van der Waals surface area (Å²) in [7, 11) is 0. The highest BCUT2D eigenvalue weighted by Gasteiger charge is 2.31. The first-order valence-corrected chi connectivity index (χ1v) is 27.0. The smallest absolute Gasteiger partial charge is 0.149 e. The number of phenolic OH excluding ortho intramolecular Hbond substituents is 1. The normalized spacial score (nSPS) is 14.8. The van der Waals surface area contributed by atoms with Gasteiger partial charge in [0.05, 0.1) is 28.0 Å². The van der Waals surface area contributed by atoms with Crippen molar-refractivity contribution in [2.75, 3.05) is 0 Å². The second kappa shape index (κ2) is 19.9. The van der Waals surface area contributed by atoms with Gasteiger partial charge in [-0.05, 0) is 142 Å². The van der Waals surface area contributed by atoms with E-state index in [9.17, 15) is 5.11 Å². The van der Waals surface area contributed by atoms with E-state index >= 15 is 0 Å². The third-order valence-corrected chi connectivity index (χ3v) is 15.1. The summed E-state index contributed by atoms with van der Waals surface area (Å²) < 4.78 is 76.8. The number of hydrogen-bond acceptors (Lipinski definition) is 3. The minimum Gasteiger partial charge on any atom is -0.507 e. The largest absolute Gasteiger partial charge is 0.507 e. The average Bonchev–Trinajstić information content (AvgIpc) is 1.33. The fraction of sp³-hybridized carbons (Fsp3) is 0.270. The van der Waals surface area contributed by atoms with E-state index in [0.29, 0.717) is 28.2 Å². The summed E-state index contributed by atoms with van der Waals surface area (Å²) in [5, 5.41) is 12.9. The van der Waals surface area contributed by atoms with Crippen LogP contribution in [0.25, 0.3) is 95.0 Å². The van der Waals surface area contributed by atoms with Crippen molar-refractivity contribution in [3.8, 4) is 89.7 Å². The molecule has 0 fully saturated rings. The zero-order valence-electron chi connectivity index (χ0n) is 56.2. The molecular weight excluding hydrogens is 947 g/mol. The molecular formula is C74H77N3O. The van der Waals surface area contributed by atoms with Crippen LogP contribution in [0.15, 0.2) is 188 Å². The van der Waals surface area contributed by atoms with Gasteiger partial charge in [0.2, 0.25) is 0 Å². The van der Waals surface area contributed by atoms with E-state index in [4.69, 9.17) is 22.3 Å². The number of nitrogens with zero attached hydrogens (tertiary/aromatic N) is 3. The van der Waals surface area contributed by atoms with Gasteiger partial charge in [0.15, 0.2) is 0 Å². The van der Waals surface area contributed by atoms with Gasteiger partial charge in [0, 0.05) is 40.8 Å². The Kier molecular flexibility index (Phi) is 11.0. The average molecular weight is 1030 g/mol. The van der Waals surface area contributed by atoms with Crippen LogP contribution < -0.4 is 0 Å². The van der Waals surface area contributed by atoms with E-state index < -0.39 is 31.4 Å². The van der Waals surface area contributed by atoms with Crippen LogP contribution in [0.3, 0.4) is 0 Å². The van der Waals surface area contributed by atoms with Crippen LogP contribution in [0.5, 0.6) is 5.75 Å². The number of pyridine rings is 1. The number of aromatic hydroxyl groups is 1. The minimum absolute atomic E-state index is 0.168. The summed E-state index contributed by atoms with van der Waals surface area (Å²) in [6, 6.07) is 60.9. The molecule has 4 nitrogen and oxygen atoms in total. The van der Waals surface area contributed by atoms with Crippen molar-refractivity contribution in [1.29, 1.82) is 0 Å². The molecule has 0 saturated carbocycles. The number of aromatic nitrogens is 3. The number of benzene rings is 8. The molecule has 0 bridgehead atoms. The molecule has 0 unspecified atom stereocenters. The maximum absolute atomic E-state index is 12.9. The standard InChI is InChI=1S/C74H77N3O/c1-70(2,3)54-35-32-47(33-36-54)50-38-39-75-63(44-50)53-40-52(41-55(42-53)71(4,5)6)58-29-23-31-65-67(58)76-69(60-45-56(72(7,8)9)46-62(68(60)78)74(13,14)15)77(65)64-37-34-51(43-59(64)49-26-20-17-21-27-49)66-57(48-24-18-16-19-25-48)28-22-30-61(66)73(10,11)12/h16-46,78H,1-15H3/i1D3,2D3,3D3. The lowest BCUT2D eigenvalue weighted by atomic mass is 9.78. The number of rotatable bonds is 8. The minimum atomic E-state index is -3.38. The van der Waals surface area contributed by atoms with Gasteiger partial charge in [0.25, 0.3) is 0 Å². The lowest BCUT2D eigenvalue weighted by molar-refractivity contribution is 0.446. The Hall–Kier alpha value is -7.82. The molecule has 1 N–H and O–H groups in total. The van der Waals surface area contributed by atoms with Gasteiger partial charge < -0.3 is 5.11 Å². The Morgan fingerprint density at radius 3 is 1.62 bits per heavy atom. The van der Waals surface area contributed by atoms with Crippen molar-refractivity contribution < 1.29 is 17.4 Å². The van der Waals surface area contributed by atoms with Gasteiger partial charge in [-0.15, -0.1) is 0 Å². The monoisotopic (exact) mass is 1030 g/mol. The van der Waals surface area contributed by atoms with Crippen LogP contribution in [0.4, 0.5) is 0 Å². The van der Waals surface area contributed by atoms with Crippen LogP contribution >= 0.6 is 0 Å². The third-order valence-electron chi connectivity index (χ3n) is 15.1. The molecule has 0 amide bonds. The molecule has 2 aromatic heterocycles. The SMILES string of the molecule is [2H]C([2H])([2H])C(c1ccc(-c2ccnc(-c3cc(-c4cccc5c4nc(-c4cc(C(C)(C)C)cc(C(C)(C)C)c4O)n5-c4ccc(-c5c(-c6ccccc6)cccc5C(C)(C)C)cc4-c4ccccc4)cc(C(C)(C)C)c3)c2)cc1)(C([2H])([2H])[2H])C([2H])([2H])[2H]. The molecule has 10 aromatic rings. The van der Waals surface area contributed by atoms with Crippen LogP contribution in [-0.4, -0.2) is 19.6 Å². The van der Waals surface area contributed by atoms with Gasteiger partial charge in [0.1, 0.15) is 11.6 Å². The summed E-state index contributed by atoms with van der Waals surface area (Å²) in [4.78, 5) is 10.7. The Morgan fingerprint density at radius 1 is 0.397 bits per heavy atom. The highest BCUT2D eigenvalue weighted by molar-refractivity contribution is 5.99. The van der Waals surface area contributed by atoms with E-state index in [1.54, 1.807) is 18.3 Å². The molecule has 0 aliphatic rings. The van der Waals surface area contributed by atoms with E-state index in [1.165, 1.54) is 17.7 Å². The zero-order chi connectivity index (χ0) is 63.2. The number of imidazole rings is 1. The molecule has 0 atom stereocenters. The van der Waals surface area contributed by atoms with Crippen molar-refractivity contribution >= 4 is 11.0 Å². The molecule has 10 rings (SSSR count). The summed E-state index contributed by atoms with van der Waals surface area (Å²) in [6.45, 7) is 16.1. The molecule has 0 saturated heterocycles. The predicted molar refractivity (Wildman–Crippen MR) is 332 cm³/mol. The fourth-order valence-electron chi connectivity index (χ4n) is 10.7. The Labute approximate surface area is 477 Å². The third kappa shape index (κ3) is 10.5. The summed E-state index contributed by atoms with van der Waals surface area (Å²) in [5.41, 5.74) is 13.5.